The number of halogens is 3. The van der Waals surface area contributed by atoms with E-state index >= 15 is 0 Å². The molecule has 0 aliphatic heterocycles. The summed E-state index contributed by atoms with van der Waals surface area (Å²) in [5, 5.41) is 7.01. The van der Waals surface area contributed by atoms with Crippen LogP contribution in [0.3, 0.4) is 0 Å². The maximum absolute atomic E-state index is 11.9. The first-order valence-electron chi connectivity index (χ1n) is 8.93. The van der Waals surface area contributed by atoms with Crippen molar-refractivity contribution >= 4 is 68.8 Å². The normalized spacial score (nSPS) is 10.6. The molecule has 0 saturated heterocycles. The zero-order valence-corrected chi connectivity index (χ0v) is 19.4. The Kier molecular flexibility index (Phi) is 9.77. The topological polar surface area (TPSA) is 106 Å². The minimum atomic E-state index is -0.595. The Hall–Kier alpha value is -2.62. The third kappa shape index (κ3) is 8.56. The minimum Gasteiger partial charge on any atom is -0.481 e. The average molecular weight is 531 g/mol. The van der Waals surface area contributed by atoms with Crippen LogP contribution in [-0.4, -0.2) is 37.2 Å². The van der Waals surface area contributed by atoms with Gasteiger partial charge in [0.2, 0.25) is 11.8 Å². The Morgan fingerprint density at radius 2 is 1.87 bits per heavy atom. The summed E-state index contributed by atoms with van der Waals surface area (Å²) in [4.78, 5) is 35.1. The van der Waals surface area contributed by atoms with Crippen molar-refractivity contribution in [2.45, 2.75) is 13.3 Å². The number of hydrogen-bond donors (Lipinski definition) is 2. The van der Waals surface area contributed by atoms with Gasteiger partial charge >= 0.3 is 5.97 Å². The molecule has 2 N–H and O–H groups in total. The number of hydrogen-bond acceptors (Lipinski definition) is 6. The number of nitrogens with zero attached hydrogens (tertiary/aromatic N) is 1. The van der Waals surface area contributed by atoms with Gasteiger partial charge in [-0.05, 0) is 64.8 Å². The fourth-order valence-electron chi connectivity index (χ4n) is 2.20. The molecule has 0 heterocycles. The molecule has 2 aromatic rings. The van der Waals surface area contributed by atoms with Crippen LogP contribution in [0.1, 0.15) is 18.9 Å². The van der Waals surface area contributed by atoms with Crippen LogP contribution in [0.5, 0.6) is 5.75 Å². The molecule has 2 aromatic carbocycles. The number of carbonyl (C=O) groups excluding carboxylic acids is 3. The maximum atomic E-state index is 11.9. The van der Waals surface area contributed by atoms with Gasteiger partial charge in [-0.15, -0.1) is 0 Å². The largest absolute Gasteiger partial charge is 0.481 e. The van der Waals surface area contributed by atoms with Crippen molar-refractivity contribution in [1.82, 2.24) is 5.43 Å². The van der Waals surface area contributed by atoms with E-state index in [2.05, 4.69) is 31.8 Å². The Morgan fingerprint density at radius 3 is 2.55 bits per heavy atom. The molecule has 0 spiro atoms. The summed E-state index contributed by atoms with van der Waals surface area (Å²) in [5.74, 6) is -1.14. The van der Waals surface area contributed by atoms with Crippen molar-refractivity contribution in [2.24, 2.45) is 5.10 Å². The van der Waals surface area contributed by atoms with Crippen molar-refractivity contribution in [3.8, 4) is 5.75 Å². The van der Waals surface area contributed by atoms with E-state index in [1.807, 2.05) is 0 Å². The molecular formula is C20H18BrCl2N3O5. The van der Waals surface area contributed by atoms with Gasteiger partial charge in [0.25, 0.3) is 0 Å². The summed E-state index contributed by atoms with van der Waals surface area (Å²) < 4.78 is 10.7. The highest BCUT2D eigenvalue weighted by molar-refractivity contribution is 9.10. The van der Waals surface area contributed by atoms with E-state index in [0.717, 1.165) is 0 Å². The molecule has 2 rings (SSSR count). The lowest BCUT2D eigenvalue weighted by Crippen LogP contribution is -2.24. The molecule has 0 atom stereocenters. The van der Waals surface area contributed by atoms with E-state index in [9.17, 15) is 14.4 Å². The van der Waals surface area contributed by atoms with Gasteiger partial charge in [0.15, 0.2) is 6.61 Å². The summed E-state index contributed by atoms with van der Waals surface area (Å²) in [7, 11) is 0. The second-order valence-corrected chi connectivity index (χ2v) is 7.60. The van der Waals surface area contributed by atoms with Gasteiger partial charge in [0.1, 0.15) is 12.2 Å². The molecule has 11 heteroatoms. The standard InChI is InChI=1S/C20H18BrCl2N3O5/c1-2-30-20(29)11-31-17-6-3-12(7-14(17)21)10-24-26-19(28)9-18(27)25-13-4-5-15(22)16(23)8-13/h3-8,10H,2,9,11H2,1H3,(H,25,27)(H,26,28). The number of carbonyl (C=O) groups is 3. The summed E-state index contributed by atoms with van der Waals surface area (Å²) in [6.45, 7) is 1.78. The fourth-order valence-corrected chi connectivity index (χ4v) is 3.01. The second kappa shape index (κ2) is 12.3. The van der Waals surface area contributed by atoms with Crippen molar-refractivity contribution in [3.63, 3.8) is 0 Å². The highest BCUT2D eigenvalue weighted by Crippen LogP contribution is 2.26. The van der Waals surface area contributed by atoms with E-state index in [1.165, 1.54) is 18.3 Å². The predicted molar refractivity (Wildman–Crippen MR) is 122 cm³/mol. The SMILES string of the molecule is CCOC(=O)COc1ccc(C=NNC(=O)CC(=O)Nc2ccc(Cl)c(Cl)c2)cc1Br. The highest BCUT2D eigenvalue weighted by atomic mass is 79.9. The predicted octanol–water partition coefficient (Wildman–Crippen LogP) is 4.18. The van der Waals surface area contributed by atoms with Gasteiger partial charge in [-0.3, -0.25) is 9.59 Å². The van der Waals surface area contributed by atoms with Gasteiger partial charge in [0.05, 0.1) is 27.3 Å². The summed E-state index contributed by atoms with van der Waals surface area (Å²) in [6.07, 6.45) is 0.969. The van der Waals surface area contributed by atoms with Crippen LogP contribution in [0, 0.1) is 0 Å². The van der Waals surface area contributed by atoms with Crippen LogP contribution in [0.25, 0.3) is 0 Å². The maximum Gasteiger partial charge on any atom is 0.344 e. The molecule has 0 aliphatic rings. The molecule has 0 unspecified atom stereocenters. The van der Waals surface area contributed by atoms with E-state index in [-0.39, 0.29) is 18.2 Å². The van der Waals surface area contributed by atoms with Gasteiger partial charge in [-0.25, -0.2) is 10.2 Å². The van der Waals surface area contributed by atoms with Crippen LogP contribution in [0.15, 0.2) is 46.0 Å². The molecule has 0 saturated carbocycles. The lowest BCUT2D eigenvalue weighted by molar-refractivity contribution is -0.145. The number of anilines is 1. The molecule has 2 amide bonds. The number of esters is 1. The lowest BCUT2D eigenvalue weighted by atomic mass is 10.2. The van der Waals surface area contributed by atoms with Gasteiger partial charge in [-0.1, -0.05) is 23.2 Å². The number of rotatable bonds is 9. The molecule has 8 nitrogen and oxygen atoms in total. The van der Waals surface area contributed by atoms with Crippen LogP contribution in [0.4, 0.5) is 5.69 Å². The molecule has 0 aliphatic carbocycles. The van der Waals surface area contributed by atoms with Crippen LogP contribution in [-0.2, 0) is 19.1 Å². The molecule has 0 radical (unpaired) electrons. The first-order chi connectivity index (χ1) is 14.8. The van der Waals surface area contributed by atoms with Gasteiger partial charge < -0.3 is 14.8 Å². The van der Waals surface area contributed by atoms with Crippen molar-refractivity contribution < 1.29 is 23.9 Å². The van der Waals surface area contributed by atoms with E-state index < -0.39 is 24.2 Å². The fraction of sp³-hybridized carbons (Fsp3) is 0.200. The van der Waals surface area contributed by atoms with Gasteiger partial charge in [0, 0.05) is 5.69 Å². The van der Waals surface area contributed by atoms with E-state index in [4.69, 9.17) is 32.7 Å². The number of hydrazone groups is 1. The van der Waals surface area contributed by atoms with Crippen molar-refractivity contribution in [2.75, 3.05) is 18.5 Å². The molecular weight excluding hydrogens is 513 g/mol. The number of ether oxygens (including phenoxy) is 2. The minimum absolute atomic E-state index is 0.208. The monoisotopic (exact) mass is 529 g/mol. The van der Waals surface area contributed by atoms with E-state index in [1.54, 1.807) is 31.2 Å². The molecule has 0 bridgehead atoms. The molecule has 0 aromatic heterocycles. The highest BCUT2D eigenvalue weighted by Gasteiger charge is 2.10. The molecule has 0 fully saturated rings. The number of benzene rings is 2. The first-order valence-corrected chi connectivity index (χ1v) is 10.5. The van der Waals surface area contributed by atoms with Crippen LogP contribution in [0.2, 0.25) is 10.0 Å². The Balaban J connectivity index is 1.82. The number of nitrogens with one attached hydrogen (secondary N) is 2. The summed E-state index contributed by atoms with van der Waals surface area (Å²) in [6, 6.07) is 9.59. The third-order valence-corrected chi connectivity index (χ3v) is 4.89. The van der Waals surface area contributed by atoms with Crippen LogP contribution >= 0.6 is 39.1 Å². The summed E-state index contributed by atoms with van der Waals surface area (Å²) in [5.41, 5.74) is 3.34. The van der Waals surface area contributed by atoms with Crippen molar-refractivity contribution in [3.05, 3.63) is 56.5 Å². The zero-order chi connectivity index (χ0) is 22.8. The average Bonchev–Trinajstić information content (AvgIpc) is 2.70. The van der Waals surface area contributed by atoms with Gasteiger partial charge in [-0.2, -0.15) is 5.10 Å². The molecule has 164 valence electrons. The quantitative estimate of drug-likeness (QED) is 0.219. The Labute approximate surface area is 197 Å². The zero-order valence-electron chi connectivity index (χ0n) is 16.3. The van der Waals surface area contributed by atoms with E-state index in [0.29, 0.717) is 26.5 Å². The molecule has 31 heavy (non-hydrogen) atoms. The third-order valence-electron chi connectivity index (χ3n) is 3.53. The number of amides is 2. The second-order valence-electron chi connectivity index (χ2n) is 5.93. The first kappa shape index (κ1) is 24.6. The Bertz CT molecular complexity index is 1000. The summed E-state index contributed by atoms with van der Waals surface area (Å²) >= 11 is 15.0. The Morgan fingerprint density at radius 1 is 1.10 bits per heavy atom. The lowest BCUT2D eigenvalue weighted by Gasteiger charge is -2.08. The van der Waals surface area contributed by atoms with Crippen LogP contribution < -0.4 is 15.5 Å². The van der Waals surface area contributed by atoms with Crippen molar-refractivity contribution in [1.29, 1.82) is 0 Å². The smallest absolute Gasteiger partial charge is 0.344 e.